The highest BCUT2D eigenvalue weighted by molar-refractivity contribution is 7.15. The number of primary amides is 1. The third-order valence-corrected chi connectivity index (χ3v) is 5.27. The number of thiophene rings is 1. The Bertz CT molecular complexity index is 995. The summed E-state index contributed by atoms with van der Waals surface area (Å²) in [5, 5.41) is 5.19. The first-order chi connectivity index (χ1) is 13.0. The van der Waals surface area contributed by atoms with Crippen molar-refractivity contribution in [2.75, 3.05) is 11.9 Å². The van der Waals surface area contributed by atoms with Gasteiger partial charge in [0.05, 0.1) is 16.3 Å². The van der Waals surface area contributed by atoms with Gasteiger partial charge >= 0.3 is 5.97 Å². The Morgan fingerprint density at radius 2 is 1.93 bits per heavy atom. The second kappa shape index (κ2) is 8.11. The lowest BCUT2D eigenvalue weighted by molar-refractivity contribution is -0.119. The van der Waals surface area contributed by atoms with Gasteiger partial charge in [0.15, 0.2) is 6.61 Å². The Morgan fingerprint density at radius 3 is 2.63 bits per heavy atom. The highest BCUT2D eigenvalue weighted by Gasteiger charge is 2.21. The highest BCUT2D eigenvalue weighted by atomic mass is 32.1. The van der Waals surface area contributed by atoms with E-state index in [0.29, 0.717) is 15.6 Å². The molecule has 27 heavy (non-hydrogen) atoms. The Balaban J connectivity index is 1.67. The number of amides is 2. The third-order valence-electron chi connectivity index (χ3n) is 3.48. The molecule has 0 spiro atoms. The second-order valence-electron chi connectivity index (χ2n) is 5.43. The van der Waals surface area contributed by atoms with E-state index in [1.807, 2.05) is 30.3 Å². The minimum absolute atomic E-state index is 0.212. The van der Waals surface area contributed by atoms with Crippen LogP contribution < -0.4 is 11.1 Å². The zero-order valence-electron chi connectivity index (χ0n) is 14.2. The minimum Gasteiger partial charge on any atom is -0.451 e. The molecular formula is C18H15N3O4S2. The summed E-state index contributed by atoms with van der Waals surface area (Å²) in [6, 6.07) is 10.8. The second-order valence-corrected chi connectivity index (χ2v) is 7.55. The molecule has 0 saturated heterocycles. The van der Waals surface area contributed by atoms with Crippen molar-refractivity contribution in [3.05, 3.63) is 57.2 Å². The number of hydrogen-bond donors (Lipinski definition) is 2. The third kappa shape index (κ3) is 4.39. The van der Waals surface area contributed by atoms with Crippen LogP contribution in [0.3, 0.4) is 0 Å². The van der Waals surface area contributed by atoms with Crippen LogP contribution in [0, 0.1) is 6.92 Å². The summed E-state index contributed by atoms with van der Waals surface area (Å²) in [6.45, 7) is 1.31. The molecule has 2 amide bonds. The fraction of sp³-hybridized carbons (Fsp3) is 0.111. The molecule has 9 heteroatoms. The summed E-state index contributed by atoms with van der Waals surface area (Å²) in [5.41, 5.74) is 6.76. The summed E-state index contributed by atoms with van der Waals surface area (Å²) < 4.78 is 5.12. The summed E-state index contributed by atoms with van der Waals surface area (Å²) in [7, 11) is 0. The molecule has 7 nitrogen and oxygen atoms in total. The van der Waals surface area contributed by atoms with Gasteiger partial charge < -0.3 is 15.8 Å². The number of thiazole rings is 1. The fourth-order valence-corrected chi connectivity index (χ4v) is 3.96. The summed E-state index contributed by atoms with van der Waals surface area (Å²) >= 11 is 2.36. The molecule has 0 bridgehead atoms. The van der Waals surface area contributed by atoms with Crippen molar-refractivity contribution >= 4 is 45.5 Å². The first-order valence-electron chi connectivity index (χ1n) is 7.83. The average Bonchev–Trinajstić information content (AvgIpc) is 3.27. The van der Waals surface area contributed by atoms with Gasteiger partial charge in [0.1, 0.15) is 9.88 Å². The van der Waals surface area contributed by atoms with Crippen molar-refractivity contribution in [1.82, 2.24) is 4.98 Å². The Labute approximate surface area is 162 Å². The van der Waals surface area contributed by atoms with Crippen LogP contribution in [0.2, 0.25) is 0 Å². The molecule has 0 saturated carbocycles. The summed E-state index contributed by atoms with van der Waals surface area (Å²) in [4.78, 5) is 40.5. The zero-order valence-corrected chi connectivity index (χ0v) is 15.9. The quantitative estimate of drug-likeness (QED) is 0.617. The largest absolute Gasteiger partial charge is 0.451 e. The van der Waals surface area contributed by atoms with Gasteiger partial charge in [-0.1, -0.05) is 30.3 Å². The number of rotatable bonds is 6. The standard InChI is InChI=1S/C18H15N3O4S2/c1-10-20-14(11-5-3-2-4-6-11)15(27-10)18(24)25-9-13(22)21-17-12(16(19)23)7-8-26-17/h2-8H,9H2,1H3,(H2,19,23)(H,21,22). The molecule has 0 atom stereocenters. The van der Waals surface area contributed by atoms with Gasteiger partial charge in [-0.15, -0.1) is 22.7 Å². The molecule has 0 fully saturated rings. The fourth-order valence-electron chi connectivity index (χ4n) is 2.32. The Kier molecular flexibility index (Phi) is 5.63. The maximum absolute atomic E-state index is 12.4. The number of aryl methyl sites for hydroxylation is 1. The van der Waals surface area contributed by atoms with Gasteiger partial charge in [-0.05, 0) is 18.4 Å². The lowest BCUT2D eigenvalue weighted by Crippen LogP contribution is -2.22. The number of nitrogens with two attached hydrogens (primary N) is 1. The van der Waals surface area contributed by atoms with Crippen molar-refractivity contribution in [3.63, 3.8) is 0 Å². The molecule has 0 aliphatic heterocycles. The Hall–Kier alpha value is -3.04. The van der Waals surface area contributed by atoms with Crippen LogP contribution in [0.5, 0.6) is 0 Å². The normalized spacial score (nSPS) is 10.4. The molecule has 3 N–H and O–H groups in total. The van der Waals surface area contributed by atoms with Crippen molar-refractivity contribution in [2.24, 2.45) is 5.73 Å². The molecular weight excluding hydrogens is 386 g/mol. The molecule has 0 unspecified atom stereocenters. The maximum atomic E-state index is 12.4. The van der Waals surface area contributed by atoms with Crippen LogP contribution >= 0.6 is 22.7 Å². The number of carbonyl (C=O) groups is 3. The number of anilines is 1. The highest BCUT2D eigenvalue weighted by Crippen LogP contribution is 2.28. The van der Waals surface area contributed by atoms with Gasteiger partial charge in [0.2, 0.25) is 0 Å². The van der Waals surface area contributed by atoms with E-state index in [4.69, 9.17) is 10.5 Å². The van der Waals surface area contributed by atoms with Gasteiger partial charge in [0.25, 0.3) is 11.8 Å². The van der Waals surface area contributed by atoms with Gasteiger partial charge in [-0.3, -0.25) is 9.59 Å². The van der Waals surface area contributed by atoms with Crippen LogP contribution in [0.4, 0.5) is 5.00 Å². The van der Waals surface area contributed by atoms with Crippen LogP contribution in [0.25, 0.3) is 11.3 Å². The van der Waals surface area contributed by atoms with Crippen LogP contribution in [-0.4, -0.2) is 29.4 Å². The monoisotopic (exact) mass is 401 g/mol. The molecule has 0 aliphatic rings. The van der Waals surface area contributed by atoms with Crippen molar-refractivity contribution in [3.8, 4) is 11.3 Å². The van der Waals surface area contributed by atoms with E-state index in [0.717, 1.165) is 21.9 Å². The number of nitrogens with zero attached hydrogens (tertiary/aromatic N) is 1. The number of nitrogens with one attached hydrogen (secondary N) is 1. The van der Waals surface area contributed by atoms with Crippen LogP contribution in [0.1, 0.15) is 25.0 Å². The summed E-state index contributed by atoms with van der Waals surface area (Å²) in [5.74, 6) is -1.83. The van der Waals surface area contributed by atoms with E-state index in [2.05, 4.69) is 10.3 Å². The molecule has 0 aliphatic carbocycles. The van der Waals surface area contributed by atoms with Crippen molar-refractivity contribution in [1.29, 1.82) is 0 Å². The molecule has 0 radical (unpaired) electrons. The number of esters is 1. The Morgan fingerprint density at radius 1 is 1.19 bits per heavy atom. The van der Waals surface area contributed by atoms with Gasteiger partial charge in [-0.2, -0.15) is 0 Å². The van der Waals surface area contributed by atoms with E-state index in [1.54, 1.807) is 12.3 Å². The first kappa shape index (κ1) is 18.7. The van der Waals surface area contributed by atoms with E-state index in [1.165, 1.54) is 17.4 Å². The molecule has 138 valence electrons. The topological polar surface area (TPSA) is 111 Å². The smallest absolute Gasteiger partial charge is 0.351 e. The molecule has 1 aromatic carbocycles. The van der Waals surface area contributed by atoms with Crippen LogP contribution in [-0.2, 0) is 9.53 Å². The zero-order chi connectivity index (χ0) is 19.4. The summed E-state index contributed by atoms with van der Waals surface area (Å²) in [6.07, 6.45) is 0. The van der Waals surface area contributed by atoms with E-state index < -0.39 is 24.4 Å². The lowest BCUT2D eigenvalue weighted by atomic mass is 10.1. The maximum Gasteiger partial charge on any atom is 0.351 e. The minimum atomic E-state index is -0.642. The van der Waals surface area contributed by atoms with E-state index in [9.17, 15) is 14.4 Å². The van der Waals surface area contributed by atoms with E-state index in [-0.39, 0.29) is 5.56 Å². The van der Waals surface area contributed by atoms with E-state index >= 15 is 0 Å². The lowest BCUT2D eigenvalue weighted by Gasteiger charge is -2.06. The van der Waals surface area contributed by atoms with Crippen LogP contribution in [0.15, 0.2) is 41.8 Å². The van der Waals surface area contributed by atoms with Crippen molar-refractivity contribution in [2.45, 2.75) is 6.92 Å². The molecule has 3 rings (SSSR count). The predicted octanol–water partition coefficient (Wildman–Crippen LogP) is 3.07. The average molecular weight is 401 g/mol. The van der Waals surface area contributed by atoms with Gasteiger partial charge in [0, 0.05) is 5.56 Å². The molecule has 2 heterocycles. The first-order valence-corrected chi connectivity index (χ1v) is 9.52. The number of ether oxygens (including phenoxy) is 1. The molecule has 2 aromatic heterocycles. The van der Waals surface area contributed by atoms with Crippen molar-refractivity contribution < 1.29 is 19.1 Å². The predicted molar refractivity (Wildman–Crippen MR) is 104 cm³/mol. The van der Waals surface area contributed by atoms with Gasteiger partial charge in [-0.25, -0.2) is 9.78 Å². The number of carbonyl (C=O) groups excluding carboxylic acids is 3. The number of aromatic nitrogens is 1. The number of benzene rings is 1. The number of hydrogen-bond acceptors (Lipinski definition) is 7. The molecule has 3 aromatic rings. The SMILES string of the molecule is Cc1nc(-c2ccccc2)c(C(=O)OCC(=O)Nc2sccc2C(N)=O)s1.